The minimum atomic E-state index is -0.382. The molecular formula is C19H18N2O. The molecule has 1 atom stereocenters. The zero-order valence-corrected chi connectivity index (χ0v) is 12.6. The molecule has 1 unspecified atom stereocenters. The van der Waals surface area contributed by atoms with Crippen molar-refractivity contribution in [3.05, 3.63) is 65.2 Å². The molecular weight excluding hydrogens is 272 g/mol. The lowest BCUT2D eigenvalue weighted by molar-refractivity contribution is 0.0799. The van der Waals surface area contributed by atoms with Crippen molar-refractivity contribution in [2.75, 3.05) is 11.5 Å². The Bertz CT molecular complexity index is 713. The van der Waals surface area contributed by atoms with E-state index in [1.807, 2.05) is 18.3 Å². The number of nitrogens with zero attached hydrogens (tertiary/aromatic N) is 2. The number of benzene rings is 2. The smallest absolute Gasteiger partial charge is 0.229 e. The van der Waals surface area contributed by atoms with Gasteiger partial charge in [0.1, 0.15) is 6.61 Å². The molecule has 0 bridgehead atoms. The number of hydrogen-bond acceptors (Lipinski definition) is 3. The number of terminal acetylenes is 1. The van der Waals surface area contributed by atoms with Crippen LogP contribution in [0.15, 0.2) is 53.5 Å². The third-order valence-corrected chi connectivity index (χ3v) is 3.64. The predicted molar refractivity (Wildman–Crippen MR) is 90.0 cm³/mol. The van der Waals surface area contributed by atoms with Crippen molar-refractivity contribution in [3.63, 3.8) is 0 Å². The van der Waals surface area contributed by atoms with Gasteiger partial charge in [-0.2, -0.15) is 0 Å². The molecule has 0 fully saturated rings. The second-order valence-electron chi connectivity index (χ2n) is 5.29. The van der Waals surface area contributed by atoms with Crippen molar-refractivity contribution in [1.82, 2.24) is 0 Å². The van der Waals surface area contributed by atoms with E-state index >= 15 is 0 Å². The summed E-state index contributed by atoms with van der Waals surface area (Å²) in [6, 6.07) is 16.7. The molecule has 3 heteroatoms. The molecule has 3 rings (SSSR count). The van der Waals surface area contributed by atoms with Crippen molar-refractivity contribution < 1.29 is 4.74 Å². The van der Waals surface area contributed by atoms with Crippen LogP contribution in [0.2, 0.25) is 0 Å². The van der Waals surface area contributed by atoms with Gasteiger partial charge in [0.25, 0.3) is 0 Å². The van der Waals surface area contributed by atoms with Crippen molar-refractivity contribution in [3.8, 4) is 12.3 Å². The van der Waals surface area contributed by atoms with Gasteiger partial charge in [-0.1, -0.05) is 53.9 Å². The summed E-state index contributed by atoms with van der Waals surface area (Å²) in [5.74, 6) is 2.51. The first-order valence-corrected chi connectivity index (χ1v) is 7.27. The van der Waals surface area contributed by atoms with Gasteiger partial charge in [0.05, 0.1) is 0 Å². The Morgan fingerprint density at radius 3 is 2.73 bits per heavy atom. The topological polar surface area (TPSA) is 24.8 Å². The third kappa shape index (κ3) is 3.03. The van der Waals surface area contributed by atoms with E-state index in [1.165, 1.54) is 11.1 Å². The van der Waals surface area contributed by atoms with E-state index in [9.17, 15) is 0 Å². The minimum absolute atomic E-state index is 0.245. The van der Waals surface area contributed by atoms with Crippen LogP contribution in [-0.4, -0.2) is 19.2 Å². The van der Waals surface area contributed by atoms with Crippen molar-refractivity contribution in [2.45, 2.75) is 19.8 Å². The highest BCUT2D eigenvalue weighted by Crippen LogP contribution is 2.28. The molecule has 1 heterocycles. The lowest BCUT2D eigenvalue weighted by atomic mass is 10.1. The lowest BCUT2D eigenvalue weighted by Crippen LogP contribution is -2.38. The minimum Gasteiger partial charge on any atom is -0.326 e. The zero-order chi connectivity index (χ0) is 15.4. The van der Waals surface area contributed by atoms with Crippen LogP contribution in [-0.2, 0) is 11.3 Å². The number of aliphatic imine (C=N–C) groups is 1. The van der Waals surface area contributed by atoms with Gasteiger partial charge in [0.2, 0.25) is 6.35 Å². The van der Waals surface area contributed by atoms with Crippen molar-refractivity contribution in [2.24, 2.45) is 4.99 Å². The maximum atomic E-state index is 5.69. The van der Waals surface area contributed by atoms with Crippen LogP contribution >= 0.6 is 0 Å². The number of anilines is 1. The van der Waals surface area contributed by atoms with Crippen LogP contribution in [0, 0.1) is 19.3 Å². The normalized spacial score (nSPS) is 16.2. The van der Waals surface area contributed by atoms with Gasteiger partial charge in [-0.05, 0) is 18.6 Å². The molecule has 0 spiro atoms. The maximum Gasteiger partial charge on any atom is 0.229 e. The molecule has 0 N–H and O–H groups in total. The Balaban J connectivity index is 1.90. The van der Waals surface area contributed by atoms with E-state index in [0.717, 1.165) is 17.8 Å². The van der Waals surface area contributed by atoms with Crippen LogP contribution in [0.1, 0.15) is 16.7 Å². The number of fused-ring (bicyclic) bond motifs is 1. The molecule has 2 aromatic carbocycles. The van der Waals surface area contributed by atoms with Crippen LogP contribution in [0.25, 0.3) is 0 Å². The second-order valence-corrected chi connectivity index (χ2v) is 5.29. The Hall–Kier alpha value is -2.57. The van der Waals surface area contributed by atoms with E-state index in [-0.39, 0.29) is 13.0 Å². The molecule has 0 radical (unpaired) electrons. The van der Waals surface area contributed by atoms with Gasteiger partial charge >= 0.3 is 0 Å². The summed E-state index contributed by atoms with van der Waals surface area (Å²) >= 11 is 0. The van der Waals surface area contributed by atoms with E-state index in [2.05, 4.69) is 59.1 Å². The van der Waals surface area contributed by atoms with Gasteiger partial charge in [-0.3, -0.25) is 0 Å². The van der Waals surface area contributed by atoms with E-state index < -0.39 is 0 Å². The second kappa shape index (κ2) is 6.46. The summed E-state index contributed by atoms with van der Waals surface area (Å²) in [4.78, 5) is 6.62. The summed E-state index contributed by atoms with van der Waals surface area (Å²) in [5.41, 5.74) is 4.67. The van der Waals surface area contributed by atoms with Gasteiger partial charge in [0.15, 0.2) is 0 Å². The maximum absolute atomic E-state index is 5.69. The highest BCUT2D eigenvalue weighted by Gasteiger charge is 2.23. The monoisotopic (exact) mass is 290 g/mol. The van der Waals surface area contributed by atoms with Crippen LogP contribution in [0.4, 0.5) is 5.69 Å². The summed E-state index contributed by atoms with van der Waals surface area (Å²) in [7, 11) is 0. The molecule has 110 valence electrons. The third-order valence-electron chi connectivity index (χ3n) is 3.64. The number of hydrogen-bond donors (Lipinski definition) is 0. The summed E-state index contributed by atoms with van der Waals surface area (Å²) < 4.78 is 5.69. The van der Waals surface area contributed by atoms with E-state index in [1.54, 1.807) is 0 Å². The quantitative estimate of drug-likeness (QED) is 0.807. The summed E-state index contributed by atoms with van der Waals surface area (Å²) in [5, 5.41) is 0. The first-order chi connectivity index (χ1) is 10.8. The number of para-hydroxylation sites is 1. The molecule has 22 heavy (non-hydrogen) atoms. The summed E-state index contributed by atoms with van der Waals surface area (Å²) in [6.07, 6.45) is 6.78. The fraction of sp³-hybridized carbons (Fsp3) is 0.211. The Morgan fingerprint density at radius 2 is 1.95 bits per heavy atom. The van der Waals surface area contributed by atoms with Gasteiger partial charge in [-0.15, -0.1) is 6.42 Å². The van der Waals surface area contributed by atoms with Gasteiger partial charge < -0.3 is 9.64 Å². The molecule has 0 amide bonds. The fourth-order valence-electron chi connectivity index (χ4n) is 2.51. The molecule has 3 nitrogen and oxygen atoms in total. The van der Waals surface area contributed by atoms with E-state index in [4.69, 9.17) is 11.2 Å². The summed E-state index contributed by atoms with van der Waals surface area (Å²) in [6.45, 7) is 3.06. The van der Waals surface area contributed by atoms with Crippen molar-refractivity contribution in [1.29, 1.82) is 0 Å². The highest BCUT2D eigenvalue weighted by molar-refractivity contribution is 5.90. The van der Waals surface area contributed by atoms with Gasteiger partial charge in [-0.25, -0.2) is 4.99 Å². The van der Waals surface area contributed by atoms with Crippen LogP contribution < -0.4 is 4.90 Å². The molecule has 1 aliphatic heterocycles. The Labute approximate surface area is 131 Å². The molecule has 2 aromatic rings. The standard InChI is InChI=1S/C19H18N2O/c1-3-12-22-19-20-13-17-6-4-5-7-18(17)21(19)14-16-10-8-15(2)9-11-16/h1,4-11,13,19H,12,14H2,2H3. The highest BCUT2D eigenvalue weighted by atomic mass is 16.5. The van der Waals surface area contributed by atoms with Crippen molar-refractivity contribution >= 4 is 11.9 Å². The molecule has 1 aliphatic rings. The fourth-order valence-corrected chi connectivity index (χ4v) is 2.51. The van der Waals surface area contributed by atoms with Gasteiger partial charge in [0, 0.05) is 24.0 Å². The molecule has 0 aliphatic carbocycles. The SMILES string of the molecule is C#CCOC1N=Cc2ccccc2N1Cc1ccc(C)cc1. The number of ether oxygens (including phenoxy) is 1. The van der Waals surface area contributed by atoms with Crippen LogP contribution in [0.5, 0.6) is 0 Å². The average Bonchev–Trinajstić information content (AvgIpc) is 2.56. The molecule has 0 saturated heterocycles. The predicted octanol–water partition coefficient (Wildman–Crippen LogP) is 3.37. The van der Waals surface area contributed by atoms with E-state index in [0.29, 0.717) is 0 Å². The first-order valence-electron chi connectivity index (χ1n) is 7.27. The largest absolute Gasteiger partial charge is 0.326 e. The first kappa shape index (κ1) is 14.4. The number of aryl methyl sites for hydroxylation is 1. The average molecular weight is 290 g/mol. The Kier molecular flexibility index (Phi) is 4.22. The Morgan fingerprint density at radius 1 is 1.18 bits per heavy atom. The lowest BCUT2D eigenvalue weighted by Gasteiger charge is -2.34. The number of rotatable bonds is 4. The molecule has 0 aromatic heterocycles. The molecule has 0 saturated carbocycles. The zero-order valence-electron chi connectivity index (χ0n) is 12.6. The van der Waals surface area contributed by atoms with Crippen LogP contribution in [0.3, 0.4) is 0 Å².